The van der Waals surface area contributed by atoms with Crippen molar-refractivity contribution < 1.29 is 17.9 Å². The fourth-order valence-corrected chi connectivity index (χ4v) is 4.79. The molecule has 33 heavy (non-hydrogen) atoms. The van der Waals surface area contributed by atoms with Crippen LogP contribution in [0.25, 0.3) is 11.3 Å². The third-order valence-electron chi connectivity index (χ3n) is 5.24. The second-order valence-electron chi connectivity index (χ2n) is 7.40. The minimum atomic E-state index is -4.65. The highest BCUT2D eigenvalue weighted by molar-refractivity contribution is 7.05. The summed E-state index contributed by atoms with van der Waals surface area (Å²) in [5.74, 6) is 0.845. The van der Waals surface area contributed by atoms with E-state index in [0.29, 0.717) is 29.4 Å². The van der Waals surface area contributed by atoms with E-state index in [1.807, 2.05) is 11.0 Å². The Bertz CT molecular complexity index is 1310. The Morgan fingerprint density at radius 1 is 1.33 bits per heavy atom. The van der Waals surface area contributed by atoms with Gasteiger partial charge in [0.2, 0.25) is 0 Å². The van der Waals surface area contributed by atoms with Crippen molar-refractivity contribution in [2.24, 2.45) is 4.99 Å². The van der Waals surface area contributed by atoms with Gasteiger partial charge >= 0.3 is 6.18 Å². The number of aromatic nitrogens is 2. The van der Waals surface area contributed by atoms with Gasteiger partial charge < -0.3 is 20.7 Å². The van der Waals surface area contributed by atoms with Crippen LogP contribution in [0.3, 0.4) is 0 Å². The van der Waals surface area contributed by atoms with Crippen LogP contribution in [0.5, 0.6) is 5.75 Å². The zero-order valence-electron chi connectivity index (χ0n) is 17.1. The first-order chi connectivity index (χ1) is 15.7. The van der Waals surface area contributed by atoms with Gasteiger partial charge in [-0.05, 0) is 42.2 Å². The monoisotopic (exact) mass is 492 g/mol. The van der Waals surface area contributed by atoms with Gasteiger partial charge in [0, 0.05) is 22.8 Å². The Balaban J connectivity index is 1.69. The fraction of sp³-hybridized carbons (Fsp3) is 0.190. The number of rotatable bonds is 3. The molecular formula is C21H16ClF3N6OS. The molecule has 0 fully saturated rings. The Morgan fingerprint density at radius 2 is 2.15 bits per heavy atom. The van der Waals surface area contributed by atoms with Gasteiger partial charge in [-0.3, -0.25) is 0 Å². The smallest absolute Gasteiger partial charge is 0.418 e. The van der Waals surface area contributed by atoms with Crippen molar-refractivity contribution in [1.82, 2.24) is 14.3 Å². The van der Waals surface area contributed by atoms with E-state index in [4.69, 9.17) is 22.1 Å². The standard InChI is InChI=1S/C21H16ClF3N6OS/c1-10-6-14(26)30-18(16(10)21(23,24)25)12-7-13-15-19(17(12)22)27-9-28-20(15)31(4-5-32-13)8-11-2-3-29-33-11/h2-7,27H,8-9H2,1H3,(H2,26,30). The summed E-state index contributed by atoms with van der Waals surface area (Å²) in [6.07, 6.45) is 0.229. The normalized spacial score (nSPS) is 14.8. The van der Waals surface area contributed by atoms with Crippen molar-refractivity contribution in [3.63, 3.8) is 0 Å². The summed E-state index contributed by atoms with van der Waals surface area (Å²) < 4.78 is 51.7. The predicted octanol–water partition coefficient (Wildman–Crippen LogP) is 5.26. The number of benzene rings is 1. The van der Waals surface area contributed by atoms with Gasteiger partial charge in [0.1, 0.15) is 30.3 Å². The number of nitrogen functional groups attached to an aromatic ring is 1. The molecule has 170 valence electrons. The van der Waals surface area contributed by atoms with Crippen LogP contribution in [0.2, 0.25) is 5.02 Å². The Morgan fingerprint density at radius 3 is 2.88 bits per heavy atom. The molecular weight excluding hydrogens is 477 g/mol. The van der Waals surface area contributed by atoms with Crippen LogP contribution >= 0.6 is 23.1 Å². The quantitative estimate of drug-likeness (QED) is 0.518. The Hall–Kier alpha value is -3.31. The fourth-order valence-electron chi connectivity index (χ4n) is 3.91. The molecule has 12 heteroatoms. The van der Waals surface area contributed by atoms with Crippen molar-refractivity contribution in [3.8, 4) is 17.0 Å². The molecule has 1 aromatic carbocycles. The number of halogens is 4. The Kier molecular flexibility index (Phi) is 5.17. The van der Waals surface area contributed by atoms with Crippen LogP contribution in [0.1, 0.15) is 21.6 Å². The summed E-state index contributed by atoms with van der Waals surface area (Å²) >= 11 is 8.04. The first-order valence-electron chi connectivity index (χ1n) is 9.73. The highest BCUT2D eigenvalue weighted by Crippen LogP contribution is 2.47. The van der Waals surface area contributed by atoms with Gasteiger partial charge in [-0.1, -0.05) is 11.6 Å². The first kappa shape index (κ1) is 21.5. The molecule has 0 bridgehead atoms. The highest BCUT2D eigenvalue weighted by atomic mass is 35.5. The van der Waals surface area contributed by atoms with Gasteiger partial charge in [-0.2, -0.15) is 13.2 Å². The molecule has 0 unspecified atom stereocenters. The zero-order chi connectivity index (χ0) is 23.3. The van der Waals surface area contributed by atoms with E-state index in [1.165, 1.54) is 36.9 Å². The summed E-state index contributed by atoms with van der Waals surface area (Å²) in [5, 5.41) is 3.15. The molecule has 0 saturated heterocycles. The second kappa shape index (κ2) is 7.92. The molecule has 7 nitrogen and oxygen atoms in total. The lowest BCUT2D eigenvalue weighted by atomic mass is 9.97. The van der Waals surface area contributed by atoms with E-state index >= 15 is 0 Å². The maximum absolute atomic E-state index is 13.9. The van der Waals surface area contributed by atoms with Gasteiger partial charge in [-0.15, -0.1) is 0 Å². The molecule has 0 atom stereocenters. The summed E-state index contributed by atoms with van der Waals surface area (Å²) in [5.41, 5.74) is 5.54. The lowest BCUT2D eigenvalue weighted by molar-refractivity contribution is -0.137. The van der Waals surface area contributed by atoms with E-state index in [9.17, 15) is 13.2 Å². The van der Waals surface area contributed by atoms with Crippen LogP contribution in [-0.2, 0) is 12.7 Å². The number of alkyl halides is 3. The third-order valence-corrected chi connectivity index (χ3v) is 6.36. The van der Waals surface area contributed by atoms with Crippen molar-refractivity contribution >= 4 is 40.5 Å². The average Bonchev–Trinajstić information content (AvgIpc) is 3.19. The van der Waals surface area contributed by atoms with Gasteiger partial charge in [0.15, 0.2) is 0 Å². The van der Waals surface area contributed by atoms with Crippen LogP contribution in [-0.4, -0.2) is 26.8 Å². The van der Waals surface area contributed by atoms with E-state index in [2.05, 4.69) is 19.7 Å². The molecule has 3 aromatic rings. The van der Waals surface area contributed by atoms with E-state index in [-0.39, 0.29) is 34.3 Å². The number of hydrogen-bond acceptors (Lipinski definition) is 8. The van der Waals surface area contributed by atoms with E-state index in [0.717, 1.165) is 4.88 Å². The number of ether oxygens (including phenoxy) is 1. The zero-order valence-corrected chi connectivity index (χ0v) is 18.6. The minimum Gasteiger partial charge on any atom is -0.463 e. The van der Waals surface area contributed by atoms with Crippen LogP contribution in [0, 0.1) is 6.92 Å². The minimum absolute atomic E-state index is 0.0399. The molecule has 3 N–H and O–H groups in total. The lowest BCUT2D eigenvalue weighted by Crippen LogP contribution is -2.30. The van der Waals surface area contributed by atoms with Crippen LogP contribution in [0.15, 0.2) is 41.9 Å². The molecule has 2 aromatic heterocycles. The summed E-state index contributed by atoms with van der Waals surface area (Å²) in [6.45, 7) is 2.02. The number of amidine groups is 1. The lowest BCUT2D eigenvalue weighted by Gasteiger charge is -2.27. The average molecular weight is 493 g/mol. The van der Waals surface area contributed by atoms with Crippen molar-refractivity contribution in [2.45, 2.75) is 19.6 Å². The molecule has 5 rings (SSSR count). The van der Waals surface area contributed by atoms with E-state index < -0.39 is 11.7 Å². The third kappa shape index (κ3) is 3.76. The van der Waals surface area contributed by atoms with E-state index in [1.54, 1.807) is 12.4 Å². The molecule has 2 aliphatic heterocycles. The summed E-state index contributed by atoms with van der Waals surface area (Å²) in [6, 6.07) is 4.53. The number of aliphatic imine (C=N–C) groups is 1. The summed E-state index contributed by atoms with van der Waals surface area (Å²) in [4.78, 5) is 11.5. The van der Waals surface area contributed by atoms with Gasteiger partial charge in [0.25, 0.3) is 0 Å². The second-order valence-corrected chi connectivity index (χ2v) is 8.69. The SMILES string of the molecule is Cc1cc(N)nc(-c2cc3c4c(c2Cl)NCN=C4N(Cc2ccns2)C=CO3)c1C(F)(F)F. The topological polar surface area (TPSA) is 88.7 Å². The molecule has 0 spiro atoms. The molecule has 2 aliphatic rings. The number of hydrogen-bond donors (Lipinski definition) is 2. The van der Waals surface area contributed by atoms with Crippen LogP contribution in [0.4, 0.5) is 24.7 Å². The van der Waals surface area contributed by atoms with Crippen LogP contribution < -0.4 is 15.8 Å². The van der Waals surface area contributed by atoms with Crippen molar-refractivity contribution in [2.75, 3.05) is 17.7 Å². The molecule has 0 radical (unpaired) electrons. The maximum Gasteiger partial charge on any atom is 0.418 e. The van der Waals surface area contributed by atoms with Crippen molar-refractivity contribution in [3.05, 3.63) is 63.4 Å². The maximum atomic E-state index is 13.9. The summed E-state index contributed by atoms with van der Waals surface area (Å²) in [7, 11) is 0. The van der Waals surface area contributed by atoms with Gasteiger partial charge in [0.05, 0.1) is 34.1 Å². The predicted molar refractivity (Wildman–Crippen MR) is 121 cm³/mol. The number of nitrogens with two attached hydrogens (primary N) is 1. The number of anilines is 2. The molecule has 0 amide bonds. The molecule has 0 saturated carbocycles. The number of pyridine rings is 1. The largest absolute Gasteiger partial charge is 0.463 e. The molecule has 0 aliphatic carbocycles. The van der Waals surface area contributed by atoms with Crippen molar-refractivity contribution in [1.29, 1.82) is 0 Å². The Labute approximate surface area is 195 Å². The molecule has 4 heterocycles. The highest BCUT2D eigenvalue weighted by Gasteiger charge is 2.38. The number of aryl methyl sites for hydroxylation is 1. The first-order valence-corrected chi connectivity index (χ1v) is 10.9. The number of nitrogens with zero attached hydrogens (tertiary/aromatic N) is 4. The number of nitrogens with one attached hydrogen (secondary N) is 1. The van der Waals surface area contributed by atoms with Gasteiger partial charge in [-0.25, -0.2) is 14.3 Å².